The van der Waals surface area contributed by atoms with Crippen molar-refractivity contribution in [1.82, 2.24) is 4.90 Å². The second kappa shape index (κ2) is 5.86. The summed E-state index contributed by atoms with van der Waals surface area (Å²) in [5.74, 6) is 0.218. The summed E-state index contributed by atoms with van der Waals surface area (Å²) in [6, 6.07) is 14.2. The van der Waals surface area contributed by atoms with Gasteiger partial charge in [0.2, 0.25) is 0 Å². The molecule has 0 unspecified atom stereocenters. The highest BCUT2D eigenvalue weighted by Crippen LogP contribution is 2.28. The van der Waals surface area contributed by atoms with Crippen LogP contribution in [0, 0.1) is 0 Å². The van der Waals surface area contributed by atoms with Gasteiger partial charge in [-0.1, -0.05) is 48.0 Å². The van der Waals surface area contributed by atoms with Crippen molar-refractivity contribution in [2.45, 2.75) is 19.4 Å². The summed E-state index contributed by atoms with van der Waals surface area (Å²) in [5, 5.41) is 10.4. The molecule has 104 valence electrons. The van der Waals surface area contributed by atoms with Crippen molar-refractivity contribution in [2.24, 2.45) is 0 Å². The lowest BCUT2D eigenvalue weighted by Gasteiger charge is -2.20. The number of halogens is 1. The van der Waals surface area contributed by atoms with Gasteiger partial charge in [-0.25, -0.2) is 0 Å². The molecule has 0 saturated heterocycles. The van der Waals surface area contributed by atoms with Gasteiger partial charge in [-0.05, 0) is 30.0 Å². The van der Waals surface area contributed by atoms with Crippen molar-refractivity contribution in [3.8, 4) is 5.75 Å². The van der Waals surface area contributed by atoms with E-state index in [0.29, 0.717) is 5.02 Å². The van der Waals surface area contributed by atoms with Gasteiger partial charge in [0.05, 0.1) is 5.02 Å². The number of phenols is 1. The second-order valence-electron chi connectivity index (χ2n) is 5.29. The van der Waals surface area contributed by atoms with Crippen LogP contribution in [0.3, 0.4) is 0 Å². The Balaban J connectivity index is 1.73. The van der Waals surface area contributed by atoms with Gasteiger partial charge in [-0.2, -0.15) is 0 Å². The Morgan fingerprint density at radius 1 is 0.950 bits per heavy atom. The van der Waals surface area contributed by atoms with E-state index in [1.54, 1.807) is 6.07 Å². The van der Waals surface area contributed by atoms with E-state index in [2.05, 4.69) is 29.2 Å². The number of hydrogen-bond acceptors (Lipinski definition) is 2. The molecule has 0 saturated carbocycles. The molecule has 2 aromatic carbocycles. The molecule has 1 aliphatic heterocycles. The number of para-hydroxylation sites is 1. The molecule has 2 aromatic rings. The number of rotatable bonds is 2. The molecule has 20 heavy (non-hydrogen) atoms. The monoisotopic (exact) mass is 287 g/mol. The smallest absolute Gasteiger partial charge is 0.138 e. The predicted molar refractivity (Wildman–Crippen MR) is 82.2 cm³/mol. The lowest BCUT2D eigenvalue weighted by molar-refractivity contribution is 0.275. The fraction of sp³-hybridized carbons (Fsp3) is 0.294. The summed E-state index contributed by atoms with van der Waals surface area (Å²) >= 11 is 5.97. The molecule has 0 radical (unpaired) electrons. The van der Waals surface area contributed by atoms with Crippen LogP contribution < -0.4 is 0 Å². The van der Waals surface area contributed by atoms with Crippen molar-refractivity contribution < 1.29 is 5.11 Å². The summed E-state index contributed by atoms with van der Waals surface area (Å²) in [6.45, 7) is 2.78. The Kier molecular flexibility index (Phi) is 3.95. The van der Waals surface area contributed by atoms with Crippen molar-refractivity contribution in [3.63, 3.8) is 0 Å². The van der Waals surface area contributed by atoms with E-state index < -0.39 is 0 Å². The van der Waals surface area contributed by atoms with Crippen molar-refractivity contribution >= 4 is 11.6 Å². The maximum absolute atomic E-state index is 10.0. The minimum Gasteiger partial charge on any atom is -0.506 e. The van der Waals surface area contributed by atoms with Crippen LogP contribution in [0.4, 0.5) is 0 Å². The van der Waals surface area contributed by atoms with Gasteiger partial charge in [0.15, 0.2) is 0 Å². The van der Waals surface area contributed by atoms with Crippen LogP contribution in [0.5, 0.6) is 5.75 Å². The van der Waals surface area contributed by atoms with Gasteiger partial charge in [0, 0.05) is 25.2 Å². The fourth-order valence-corrected chi connectivity index (χ4v) is 2.99. The summed E-state index contributed by atoms with van der Waals surface area (Å²) < 4.78 is 0. The number of hydrogen-bond donors (Lipinski definition) is 1. The standard InChI is InChI=1S/C17H18ClNO/c18-16-7-3-6-15(17(16)20)12-19-10-8-13-4-1-2-5-14(13)9-11-19/h1-7,20H,8-12H2. The maximum atomic E-state index is 10.0. The molecule has 0 aliphatic carbocycles. The molecular weight excluding hydrogens is 270 g/mol. The van der Waals surface area contributed by atoms with Crippen LogP contribution in [-0.4, -0.2) is 23.1 Å². The zero-order chi connectivity index (χ0) is 13.9. The highest BCUT2D eigenvalue weighted by molar-refractivity contribution is 6.32. The van der Waals surface area contributed by atoms with Crippen LogP contribution >= 0.6 is 11.6 Å². The lowest BCUT2D eigenvalue weighted by Crippen LogP contribution is -2.25. The normalized spacial score (nSPS) is 15.7. The summed E-state index contributed by atoms with van der Waals surface area (Å²) in [5.41, 5.74) is 3.80. The Morgan fingerprint density at radius 2 is 1.60 bits per heavy atom. The van der Waals surface area contributed by atoms with Gasteiger partial charge in [0.1, 0.15) is 5.75 Å². The van der Waals surface area contributed by atoms with E-state index in [0.717, 1.165) is 38.0 Å². The zero-order valence-corrected chi connectivity index (χ0v) is 12.1. The molecule has 1 heterocycles. The minimum absolute atomic E-state index is 0.218. The number of fused-ring (bicyclic) bond motifs is 1. The summed E-state index contributed by atoms with van der Waals surface area (Å²) in [6.07, 6.45) is 2.13. The molecule has 1 N–H and O–H groups in total. The molecule has 0 atom stereocenters. The van der Waals surface area contributed by atoms with Gasteiger partial charge >= 0.3 is 0 Å². The molecule has 3 rings (SSSR count). The first-order valence-electron chi connectivity index (χ1n) is 6.99. The first kappa shape index (κ1) is 13.5. The van der Waals surface area contributed by atoms with Crippen LogP contribution in [0.1, 0.15) is 16.7 Å². The largest absolute Gasteiger partial charge is 0.506 e. The quantitative estimate of drug-likeness (QED) is 0.911. The highest BCUT2D eigenvalue weighted by atomic mass is 35.5. The second-order valence-corrected chi connectivity index (χ2v) is 5.70. The van der Waals surface area contributed by atoms with Gasteiger partial charge in [-0.3, -0.25) is 4.90 Å². The third kappa shape index (κ3) is 2.82. The number of aromatic hydroxyl groups is 1. The first-order chi connectivity index (χ1) is 9.74. The van der Waals surface area contributed by atoms with Gasteiger partial charge in [0.25, 0.3) is 0 Å². The van der Waals surface area contributed by atoms with E-state index in [4.69, 9.17) is 11.6 Å². The van der Waals surface area contributed by atoms with Gasteiger partial charge < -0.3 is 5.11 Å². The molecule has 0 bridgehead atoms. The van der Waals surface area contributed by atoms with E-state index in [1.165, 1.54) is 11.1 Å². The maximum Gasteiger partial charge on any atom is 0.138 e. The van der Waals surface area contributed by atoms with Crippen LogP contribution in [-0.2, 0) is 19.4 Å². The molecule has 0 amide bonds. The molecule has 3 heteroatoms. The van der Waals surface area contributed by atoms with E-state index >= 15 is 0 Å². The fourth-order valence-electron chi connectivity index (χ4n) is 2.80. The zero-order valence-electron chi connectivity index (χ0n) is 11.3. The Morgan fingerprint density at radius 3 is 2.25 bits per heavy atom. The Bertz CT molecular complexity index is 585. The molecule has 1 aliphatic rings. The highest BCUT2D eigenvalue weighted by Gasteiger charge is 2.15. The molecule has 0 aromatic heterocycles. The van der Waals surface area contributed by atoms with Crippen molar-refractivity contribution in [1.29, 1.82) is 0 Å². The first-order valence-corrected chi connectivity index (χ1v) is 7.37. The Hall–Kier alpha value is -1.51. The van der Waals surface area contributed by atoms with E-state index in [9.17, 15) is 5.11 Å². The SMILES string of the molecule is Oc1c(Cl)cccc1CN1CCc2ccccc2CC1. The molecule has 0 spiro atoms. The number of phenolic OH excluding ortho intramolecular Hbond substituents is 1. The summed E-state index contributed by atoms with van der Waals surface area (Å²) in [4.78, 5) is 2.38. The third-order valence-electron chi connectivity index (χ3n) is 3.98. The number of benzene rings is 2. The molecule has 2 nitrogen and oxygen atoms in total. The van der Waals surface area contributed by atoms with Gasteiger partial charge in [-0.15, -0.1) is 0 Å². The van der Waals surface area contributed by atoms with Crippen LogP contribution in [0.25, 0.3) is 0 Å². The predicted octanol–water partition coefficient (Wildman–Crippen LogP) is 3.65. The average molecular weight is 288 g/mol. The number of nitrogens with zero attached hydrogens (tertiary/aromatic N) is 1. The lowest BCUT2D eigenvalue weighted by atomic mass is 10.0. The molecule has 0 fully saturated rings. The van der Waals surface area contributed by atoms with E-state index in [-0.39, 0.29) is 5.75 Å². The molecular formula is C17H18ClNO. The topological polar surface area (TPSA) is 23.5 Å². The Labute approximate surface area is 124 Å². The van der Waals surface area contributed by atoms with Crippen molar-refractivity contribution in [2.75, 3.05) is 13.1 Å². The summed E-state index contributed by atoms with van der Waals surface area (Å²) in [7, 11) is 0. The van der Waals surface area contributed by atoms with Crippen LogP contribution in [0.2, 0.25) is 5.02 Å². The third-order valence-corrected chi connectivity index (χ3v) is 4.28. The van der Waals surface area contributed by atoms with Crippen LogP contribution in [0.15, 0.2) is 42.5 Å². The van der Waals surface area contributed by atoms with Crippen molar-refractivity contribution in [3.05, 3.63) is 64.2 Å². The average Bonchev–Trinajstić information content (AvgIpc) is 2.67. The minimum atomic E-state index is 0.218. The van der Waals surface area contributed by atoms with E-state index in [1.807, 2.05) is 12.1 Å².